The number of nitrogens with zero attached hydrogens (tertiary/aromatic N) is 1. The Balaban J connectivity index is 2.30. The van der Waals surface area contributed by atoms with Crippen LogP contribution in [0.3, 0.4) is 0 Å². The summed E-state index contributed by atoms with van der Waals surface area (Å²) in [6, 6.07) is 3.02. The van der Waals surface area contributed by atoms with Crippen molar-refractivity contribution < 1.29 is 18.3 Å². The smallest absolute Gasteiger partial charge is 0.249 e. The molecule has 25 heavy (non-hydrogen) atoms. The van der Waals surface area contributed by atoms with Gasteiger partial charge in [0, 0.05) is 18.7 Å². The highest BCUT2D eigenvalue weighted by Gasteiger charge is 2.29. The SMILES string of the molecule is C/C=C(\c1cc(O)cc(C(N)=O)c1C)C1CCN(S(=O)(=O)CC)CC1. The third kappa shape index (κ3) is 4.04. The average molecular weight is 366 g/mol. The van der Waals surface area contributed by atoms with E-state index in [2.05, 4.69) is 0 Å². The fraction of sp³-hybridized carbons (Fsp3) is 0.500. The molecular formula is C18H26N2O4S. The molecule has 0 bridgehead atoms. The molecule has 6 nitrogen and oxygen atoms in total. The molecular weight excluding hydrogens is 340 g/mol. The van der Waals surface area contributed by atoms with E-state index >= 15 is 0 Å². The molecule has 1 saturated heterocycles. The van der Waals surface area contributed by atoms with Crippen molar-refractivity contribution in [2.24, 2.45) is 11.7 Å². The zero-order valence-corrected chi connectivity index (χ0v) is 15.8. The lowest BCUT2D eigenvalue weighted by Gasteiger charge is -2.33. The van der Waals surface area contributed by atoms with Gasteiger partial charge >= 0.3 is 0 Å². The normalized spacial score (nSPS) is 17.6. The molecule has 1 aromatic carbocycles. The molecule has 0 saturated carbocycles. The Morgan fingerprint density at radius 2 is 1.88 bits per heavy atom. The number of phenolic OH excluding ortho intramolecular Hbond substituents is 1. The zero-order chi connectivity index (χ0) is 18.8. The van der Waals surface area contributed by atoms with Crippen LogP contribution < -0.4 is 5.73 Å². The fourth-order valence-corrected chi connectivity index (χ4v) is 4.63. The number of benzene rings is 1. The second-order valence-corrected chi connectivity index (χ2v) is 8.61. The minimum Gasteiger partial charge on any atom is -0.508 e. The minimum atomic E-state index is -3.16. The number of aromatic hydroxyl groups is 1. The van der Waals surface area contributed by atoms with E-state index in [1.807, 2.05) is 19.9 Å². The Bertz CT molecular complexity index is 792. The summed E-state index contributed by atoms with van der Waals surface area (Å²) in [6.45, 7) is 6.35. The zero-order valence-electron chi connectivity index (χ0n) is 14.9. The average Bonchev–Trinajstić information content (AvgIpc) is 2.58. The number of carbonyl (C=O) groups is 1. The molecule has 0 aliphatic carbocycles. The molecule has 138 valence electrons. The summed E-state index contributed by atoms with van der Waals surface area (Å²) in [7, 11) is -3.16. The second kappa shape index (κ2) is 7.58. The summed E-state index contributed by atoms with van der Waals surface area (Å²) in [6.07, 6.45) is 3.39. The van der Waals surface area contributed by atoms with Crippen LogP contribution in [0.5, 0.6) is 5.75 Å². The first-order valence-electron chi connectivity index (χ1n) is 8.49. The van der Waals surface area contributed by atoms with Gasteiger partial charge in [0.25, 0.3) is 0 Å². The number of phenols is 1. The summed E-state index contributed by atoms with van der Waals surface area (Å²) < 4.78 is 25.6. The van der Waals surface area contributed by atoms with Gasteiger partial charge in [-0.05, 0) is 68.4 Å². The molecule has 0 unspecified atom stereocenters. The van der Waals surface area contributed by atoms with Gasteiger partial charge in [0.05, 0.1) is 5.75 Å². The molecule has 7 heteroatoms. The van der Waals surface area contributed by atoms with E-state index in [4.69, 9.17) is 5.73 Å². The largest absolute Gasteiger partial charge is 0.508 e. The number of piperidine rings is 1. The highest BCUT2D eigenvalue weighted by atomic mass is 32.2. The predicted octanol–water partition coefficient (Wildman–Crippen LogP) is 2.26. The van der Waals surface area contributed by atoms with Crippen LogP contribution in [0.4, 0.5) is 0 Å². The van der Waals surface area contributed by atoms with E-state index in [1.54, 1.807) is 17.3 Å². The maximum atomic E-state index is 12.0. The van der Waals surface area contributed by atoms with Gasteiger partial charge in [0.15, 0.2) is 0 Å². The Labute approximate surface area is 149 Å². The van der Waals surface area contributed by atoms with Crippen LogP contribution in [0.25, 0.3) is 5.57 Å². The van der Waals surface area contributed by atoms with Gasteiger partial charge < -0.3 is 10.8 Å². The van der Waals surface area contributed by atoms with Crippen LogP contribution in [-0.2, 0) is 10.0 Å². The number of primary amides is 1. The van der Waals surface area contributed by atoms with Gasteiger partial charge in [0.2, 0.25) is 15.9 Å². The molecule has 1 heterocycles. The van der Waals surface area contributed by atoms with Crippen LogP contribution in [-0.4, -0.2) is 42.6 Å². The molecule has 0 radical (unpaired) electrons. The first-order valence-corrected chi connectivity index (χ1v) is 10.1. The quantitative estimate of drug-likeness (QED) is 0.834. The Morgan fingerprint density at radius 3 is 2.36 bits per heavy atom. The van der Waals surface area contributed by atoms with Gasteiger partial charge in [-0.25, -0.2) is 12.7 Å². The lowest BCUT2D eigenvalue weighted by Crippen LogP contribution is -2.39. The Hall–Kier alpha value is -1.86. The number of rotatable bonds is 5. The van der Waals surface area contributed by atoms with E-state index < -0.39 is 15.9 Å². The number of nitrogens with two attached hydrogens (primary N) is 1. The summed E-state index contributed by atoms with van der Waals surface area (Å²) in [4.78, 5) is 11.6. The summed E-state index contributed by atoms with van der Waals surface area (Å²) in [5.74, 6) is -0.287. The van der Waals surface area contributed by atoms with Crippen molar-refractivity contribution in [1.29, 1.82) is 0 Å². The molecule has 2 rings (SSSR count). The maximum Gasteiger partial charge on any atom is 0.249 e. The topological polar surface area (TPSA) is 101 Å². The van der Waals surface area contributed by atoms with E-state index in [0.29, 0.717) is 31.5 Å². The van der Waals surface area contributed by atoms with E-state index in [9.17, 15) is 18.3 Å². The number of allylic oxidation sites excluding steroid dienone is 2. The first-order chi connectivity index (χ1) is 11.7. The number of carbonyl (C=O) groups excluding carboxylic acids is 1. The lowest BCUT2D eigenvalue weighted by molar-refractivity contribution is 0.0999. The van der Waals surface area contributed by atoms with Crippen molar-refractivity contribution in [2.45, 2.75) is 33.6 Å². The van der Waals surface area contributed by atoms with Gasteiger partial charge in [-0.15, -0.1) is 0 Å². The second-order valence-electron chi connectivity index (χ2n) is 6.35. The summed E-state index contributed by atoms with van der Waals surface area (Å²) in [5.41, 5.74) is 8.27. The van der Waals surface area contributed by atoms with Gasteiger partial charge in [-0.1, -0.05) is 6.08 Å². The molecule has 1 aliphatic rings. The lowest BCUT2D eigenvalue weighted by atomic mass is 9.83. The fourth-order valence-electron chi connectivity index (χ4n) is 3.49. The van der Waals surface area contributed by atoms with Gasteiger partial charge in [-0.3, -0.25) is 4.79 Å². The van der Waals surface area contributed by atoms with E-state index in [1.165, 1.54) is 6.07 Å². The molecule has 0 aromatic heterocycles. The van der Waals surface area contributed by atoms with Crippen LogP contribution in [0.2, 0.25) is 0 Å². The van der Waals surface area contributed by atoms with Gasteiger partial charge in [-0.2, -0.15) is 0 Å². The van der Waals surface area contributed by atoms with E-state index in [-0.39, 0.29) is 17.4 Å². The van der Waals surface area contributed by atoms with Crippen molar-refractivity contribution >= 4 is 21.5 Å². The number of amides is 1. The first kappa shape index (κ1) is 19.5. The van der Waals surface area contributed by atoms with Crippen LogP contribution in [0.1, 0.15) is 48.2 Å². The molecule has 1 aliphatic heterocycles. The molecule has 1 aromatic rings. The third-order valence-electron chi connectivity index (χ3n) is 4.93. The van der Waals surface area contributed by atoms with Crippen molar-refractivity contribution in [3.63, 3.8) is 0 Å². The van der Waals surface area contributed by atoms with Crippen molar-refractivity contribution in [2.75, 3.05) is 18.8 Å². The Kier molecular flexibility index (Phi) is 5.90. The number of sulfonamides is 1. The molecule has 0 spiro atoms. The van der Waals surface area contributed by atoms with E-state index in [0.717, 1.165) is 16.7 Å². The van der Waals surface area contributed by atoms with Crippen molar-refractivity contribution in [3.8, 4) is 5.75 Å². The van der Waals surface area contributed by atoms with Gasteiger partial charge in [0.1, 0.15) is 5.75 Å². The third-order valence-corrected chi connectivity index (χ3v) is 6.81. The monoisotopic (exact) mass is 366 g/mol. The highest BCUT2D eigenvalue weighted by Crippen LogP contribution is 2.36. The molecule has 0 atom stereocenters. The summed E-state index contributed by atoms with van der Waals surface area (Å²) >= 11 is 0. The Morgan fingerprint density at radius 1 is 1.32 bits per heavy atom. The number of hydrogen-bond acceptors (Lipinski definition) is 4. The molecule has 1 fully saturated rings. The van der Waals surface area contributed by atoms with Crippen LogP contribution in [0.15, 0.2) is 18.2 Å². The van der Waals surface area contributed by atoms with Crippen LogP contribution >= 0.6 is 0 Å². The van der Waals surface area contributed by atoms with Crippen LogP contribution in [0, 0.1) is 12.8 Å². The van der Waals surface area contributed by atoms with Crippen molar-refractivity contribution in [3.05, 3.63) is 34.9 Å². The standard InChI is InChI=1S/C18H26N2O4S/c1-4-15(13-6-8-20(9-7-13)25(23,24)5-2)16-10-14(21)11-17(12(16)3)18(19)22/h4,10-11,13,21H,5-9H2,1-3H3,(H2,19,22)/b15-4-. The molecule has 3 N–H and O–H groups in total. The maximum absolute atomic E-state index is 12.0. The van der Waals surface area contributed by atoms with Crippen molar-refractivity contribution in [1.82, 2.24) is 4.31 Å². The number of hydrogen-bond donors (Lipinski definition) is 2. The predicted molar refractivity (Wildman–Crippen MR) is 98.8 cm³/mol. The molecule has 1 amide bonds. The highest BCUT2D eigenvalue weighted by molar-refractivity contribution is 7.89. The summed E-state index contributed by atoms with van der Waals surface area (Å²) in [5, 5.41) is 9.97. The minimum absolute atomic E-state index is 0.000235.